The first-order chi connectivity index (χ1) is 6.59. The Morgan fingerprint density at radius 3 is 2.57 bits per heavy atom. The van der Waals surface area contributed by atoms with Gasteiger partial charge in [-0.25, -0.2) is 0 Å². The summed E-state index contributed by atoms with van der Waals surface area (Å²) in [4.78, 5) is 11.0. The van der Waals surface area contributed by atoms with E-state index in [4.69, 9.17) is 0 Å². The van der Waals surface area contributed by atoms with Crippen molar-refractivity contribution in [2.45, 2.75) is 58.0 Å². The van der Waals surface area contributed by atoms with Gasteiger partial charge in [0, 0.05) is 24.5 Å². The largest absolute Gasteiger partial charge is 0.352 e. The van der Waals surface area contributed by atoms with Gasteiger partial charge < -0.3 is 10.6 Å². The fraction of sp³-hybridized carbons (Fsp3) is 0.909. The zero-order chi connectivity index (χ0) is 10.6. The van der Waals surface area contributed by atoms with E-state index in [1.807, 2.05) is 0 Å². The maximum Gasteiger partial charge on any atom is 0.220 e. The number of carbonyl (C=O) groups is 1. The van der Waals surface area contributed by atoms with E-state index in [2.05, 4.69) is 31.4 Å². The lowest BCUT2D eigenvalue weighted by Gasteiger charge is -2.29. The maximum atomic E-state index is 11.0. The molecule has 1 saturated heterocycles. The molecule has 0 aromatic carbocycles. The van der Waals surface area contributed by atoms with Crippen molar-refractivity contribution in [2.24, 2.45) is 0 Å². The Balaban J connectivity index is 2.29. The van der Waals surface area contributed by atoms with Crippen LogP contribution in [0.25, 0.3) is 0 Å². The Kier molecular flexibility index (Phi) is 3.93. The van der Waals surface area contributed by atoms with Crippen molar-refractivity contribution in [2.75, 3.05) is 6.54 Å². The minimum Gasteiger partial charge on any atom is -0.352 e. The molecular weight excluding hydrogens is 176 g/mol. The molecular formula is C11H22N2O. The highest BCUT2D eigenvalue weighted by molar-refractivity contribution is 5.78. The molecule has 1 aliphatic rings. The molecule has 82 valence electrons. The molecule has 3 nitrogen and oxygen atoms in total. The van der Waals surface area contributed by atoms with Gasteiger partial charge in [-0.2, -0.15) is 0 Å². The molecule has 0 bridgehead atoms. The van der Waals surface area contributed by atoms with Gasteiger partial charge in [-0.15, -0.1) is 0 Å². The van der Waals surface area contributed by atoms with Gasteiger partial charge in [0.1, 0.15) is 0 Å². The molecule has 1 heterocycles. The number of amides is 1. The van der Waals surface area contributed by atoms with Gasteiger partial charge in [-0.05, 0) is 26.2 Å². The highest BCUT2D eigenvalue weighted by Crippen LogP contribution is 2.14. The van der Waals surface area contributed by atoms with E-state index in [1.54, 1.807) is 0 Å². The van der Waals surface area contributed by atoms with E-state index >= 15 is 0 Å². The summed E-state index contributed by atoms with van der Waals surface area (Å²) in [5.74, 6) is 0.200. The second kappa shape index (κ2) is 4.78. The molecule has 14 heavy (non-hydrogen) atoms. The molecule has 1 unspecified atom stereocenters. The molecule has 0 radical (unpaired) electrons. The minimum absolute atomic E-state index is 0.200. The van der Waals surface area contributed by atoms with Crippen LogP contribution < -0.4 is 10.6 Å². The van der Waals surface area contributed by atoms with Crippen LogP contribution in [-0.2, 0) is 4.79 Å². The van der Waals surface area contributed by atoms with Crippen molar-refractivity contribution in [3.63, 3.8) is 0 Å². The summed E-state index contributed by atoms with van der Waals surface area (Å²) >= 11 is 0. The minimum atomic E-state index is 0.200. The SMILES string of the molecule is CCC(C)(CC)NCC1CCC(=O)N1. The van der Waals surface area contributed by atoms with Crippen LogP contribution in [-0.4, -0.2) is 24.0 Å². The smallest absolute Gasteiger partial charge is 0.220 e. The summed E-state index contributed by atoms with van der Waals surface area (Å²) in [6, 6.07) is 0.347. The van der Waals surface area contributed by atoms with Gasteiger partial charge in [0.05, 0.1) is 0 Å². The van der Waals surface area contributed by atoms with Crippen LogP contribution in [0, 0.1) is 0 Å². The third kappa shape index (κ3) is 2.98. The standard InChI is InChI=1S/C11H22N2O/c1-4-11(3,5-2)12-8-9-6-7-10(14)13-9/h9,12H,4-8H2,1-3H3,(H,13,14). The lowest BCUT2D eigenvalue weighted by Crippen LogP contribution is -2.47. The normalized spacial score (nSPS) is 22.5. The third-order valence-corrected chi connectivity index (χ3v) is 3.42. The predicted molar refractivity (Wildman–Crippen MR) is 58.2 cm³/mol. The lowest BCUT2D eigenvalue weighted by atomic mass is 9.95. The lowest BCUT2D eigenvalue weighted by molar-refractivity contribution is -0.119. The van der Waals surface area contributed by atoms with Crippen molar-refractivity contribution in [1.82, 2.24) is 10.6 Å². The van der Waals surface area contributed by atoms with Gasteiger partial charge in [0.2, 0.25) is 5.91 Å². The third-order valence-electron chi connectivity index (χ3n) is 3.42. The molecule has 2 N–H and O–H groups in total. The number of rotatable bonds is 5. The van der Waals surface area contributed by atoms with E-state index in [9.17, 15) is 4.79 Å². The molecule has 0 spiro atoms. The summed E-state index contributed by atoms with van der Waals surface area (Å²) in [6.45, 7) is 7.54. The summed E-state index contributed by atoms with van der Waals surface area (Å²) in [6.07, 6.45) is 3.94. The first kappa shape index (κ1) is 11.5. The Hall–Kier alpha value is -0.570. The van der Waals surface area contributed by atoms with Crippen LogP contribution in [0.15, 0.2) is 0 Å². The van der Waals surface area contributed by atoms with Gasteiger partial charge >= 0.3 is 0 Å². The highest BCUT2D eigenvalue weighted by atomic mass is 16.1. The zero-order valence-corrected chi connectivity index (χ0v) is 9.52. The summed E-state index contributed by atoms with van der Waals surface area (Å²) in [7, 11) is 0. The monoisotopic (exact) mass is 198 g/mol. The molecule has 0 aromatic heterocycles. The molecule has 0 aromatic rings. The number of hydrogen-bond acceptors (Lipinski definition) is 2. The highest BCUT2D eigenvalue weighted by Gasteiger charge is 2.24. The Labute approximate surface area is 86.6 Å². The summed E-state index contributed by atoms with van der Waals surface area (Å²) in [5, 5.41) is 6.52. The van der Waals surface area contributed by atoms with Crippen molar-refractivity contribution in [3.8, 4) is 0 Å². The number of carbonyl (C=O) groups excluding carboxylic acids is 1. The van der Waals surface area contributed by atoms with Crippen LogP contribution in [0.4, 0.5) is 0 Å². The van der Waals surface area contributed by atoms with Crippen molar-refractivity contribution >= 4 is 5.91 Å². The molecule has 3 heteroatoms. The van der Waals surface area contributed by atoms with Gasteiger partial charge in [0.25, 0.3) is 0 Å². The van der Waals surface area contributed by atoms with Crippen molar-refractivity contribution in [1.29, 1.82) is 0 Å². The second-order valence-corrected chi connectivity index (χ2v) is 4.45. The maximum absolute atomic E-state index is 11.0. The fourth-order valence-corrected chi connectivity index (χ4v) is 1.70. The topological polar surface area (TPSA) is 41.1 Å². The van der Waals surface area contributed by atoms with Gasteiger partial charge in [-0.3, -0.25) is 4.79 Å². The molecule has 1 amide bonds. The molecule has 1 atom stereocenters. The van der Waals surface area contributed by atoms with E-state index < -0.39 is 0 Å². The molecule has 1 rings (SSSR count). The zero-order valence-electron chi connectivity index (χ0n) is 9.52. The fourth-order valence-electron chi connectivity index (χ4n) is 1.70. The van der Waals surface area contributed by atoms with E-state index in [1.165, 1.54) is 0 Å². The average Bonchev–Trinajstić information content (AvgIpc) is 2.61. The molecule has 1 aliphatic heterocycles. The molecule has 0 saturated carbocycles. The summed E-state index contributed by atoms with van der Waals surface area (Å²) < 4.78 is 0. The van der Waals surface area contributed by atoms with Crippen LogP contribution in [0.1, 0.15) is 46.5 Å². The average molecular weight is 198 g/mol. The van der Waals surface area contributed by atoms with E-state index in [-0.39, 0.29) is 11.4 Å². The van der Waals surface area contributed by atoms with Gasteiger partial charge in [-0.1, -0.05) is 13.8 Å². The predicted octanol–water partition coefficient (Wildman–Crippen LogP) is 1.43. The molecule has 1 fully saturated rings. The Morgan fingerprint density at radius 1 is 1.50 bits per heavy atom. The quantitative estimate of drug-likeness (QED) is 0.701. The number of nitrogens with one attached hydrogen (secondary N) is 2. The Bertz CT molecular complexity index is 199. The van der Waals surface area contributed by atoms with Crippen LogP contribution in [0.5, 0.6) is 0 Å². The van der Waals surface area contributed by atoms with Crippen LogP contribution >= 0.6 is 0 Å². The first-order valence-electron chi connectivity index (χ1n) is 5.64. The van der Waals surface area contributed by atoms with Crippen LogP contribution in [0.3, 0.4) is 0 Å². The second-order valence-electron chi connectivity index (χ2n) is 4.45. The summed E-state index contributed by atoms with van der Waals surface area (Å²) in [5.41, 5.74) is 0.229. The number of hydrogen-bond donors (Lipinski definition) is 2. The van der Waals surface area contributed by atoms with Crippen molar-refractivity contribution in [3.05, 3.63) is 0 Å². The van der Waals surface area contributed by atoms with Crippen molar-refractivity contribution < 1.29 is 4.79 Å². The molecule has 0 aliphatic carbocycles. The van der Waals surface area contributed by atoms with E-state index in [0.29, 0.717) is 12.5 Å². The van der Waals surface area contributed by atoms with E-state index in [0.717, 1.165) is 25.8 Å². The van der Waals surface area contributed by atoms with Gasteiger partial charge in [0.15, 0.2) is 0 Å². The first-order valence-corrected chi connectivity index (χ1v) is 5.64. The van der Waals surface area contributed by atoms with Crippen LogP contribution in [0.2, 0.25) is 0 Å². The Morgan fingerprint density at radius 2 is 2.14 bits per heavy atom.